The van der Waals surface area contributed by atoms with E-state index in [1.165, 1.54) is 0 Å². The van der Waals surface area contributed by atoms with Gasteiger partial charge in [-0.25, -0.2) is 0 Å². The number of aliphatic hydroxyl groups is 1. The fourth-order valence-corrected chi connectivity index (χ4v) is 2.61. The Morgan fingerprint density at radius 2 is 1.61 bits per heavy atom. The molecule has 18 heavy (non-hydrogen) atoms. The fourth-order valence-electron chi connectivity index (χ4n) is 2.61. The average molecular weight is 238 g/mol. The van der Waals surface area contributed by atoms with Crippen LogP contribution in [0.15, 0.2) is 54.6 Å². The number of carbonyl (C=O) groups excluding carboxylic acids is 1. The quantitative estimate of drug-likeness (QED) is 0.873. The van der Waals surface area contributed by atoms with Crippen molar-refractivity contribution >= 4 is 5.78 Å². The van der Waals surface area contributed by atoms with Crippen LogP contribution in [0.5, 0.6) is 0 Å². The minimum Gasteiger partial charge on any atom is -0.388 e. The van der Waals surface area contributed by atoms with Crippen molar-refractivity contribution < 1.29 is 9.90 Å². The third-order valence-corrected chi connectivity index (χ3v) is 3.56. The molecule has 2 heteroatoms. The van der Waals surface area contributed by atoms with Crippen LogP contribution in [0.25, 0.3) is 0 Å². The van der Waals surface area contributed by atoms with E-state index in [2.05, 4.69) is 0 Å². The molecule has 0 amide bonds. The van der Waals surface area contributed by atoms with Crippen LogP contribution < -0.4 is 0 Å². The largest absolute Gasteiger partial charge is 0.388 e. The minimum absolute atomic E-state index is 0.0574. The second-order valence-corrected chi connectivity index (χ2v) is 4.69. The lowest BCUT2D eigenvalue weighted by Crippen LogP contribution is -2.16. The molecule has 2 aromatic carbocycles. The Labute approximate surface area is 106 Å². The molecule has 0 heterocycles. The van der Waals surface area contributed by atoms with Crippen molar-refractivity contribution in [3.8, 4) is 0 Å². The highest BCUT2D eigenvalue weighted by Gasteiger charge is 2.38. The molecule has 1 N–H and O–H groups in total. The van der Waals surface area contributed by atoms with Gasteiger partial charge in [0.1, 0.15) is 0 Å². The van der Waals surface area contributed by atoms with Crippen molar-refractivity contribution in [3.63, 3.8) is 0 Å². The van der Waals surface area contributed by atoms with E-state index in [1.807, 2.05) is 48.5 Å². The molecule has 2 atom stereocenters. The molecule has 2 nitrogen and oxygen atoms in total. The Kier molecular flexibility index (Phi) is 2.73. The van der Waals surface area contributed by atoms with Crippen LogP contribution in [0.4, 0.5) is 0 Å². The smallest absolute Gasteiger partial charge is 0.169 e. The Hall–Kier alpha value is -1.93. The standard InChI is InChI=1S/C16H14O2/c17-15-12-8-4-5-9-13(12)16(18)14(15)10-11-6-2-1-3-7-11/h1-9,14-15,17H,10H2/t14-,15+/m0/s1. The lowest BCUT2D eigenvalue weighted by atomic mass is 9.94. The molecule has 0 saturated carbocycles. The molecule has 1 aliphatic rings. The summed E-state index contributed by atoms with van der Waals surface area (Å²) in [6, 6.07) is 17.2. The first-order valence-corrected chi connectivity index (χ1v) is 6.12. The number of fused-ring (bicyclic) bond motifs is 1. The van der Waals surface area contributed by atoms with Gasteiger partial charge in [-0.05, 0) is 17.5 Å². The topological polar surface area (TPSA) is 37.3 Å². The van der Waals surface area contributed by atoms with Gasteiger partial charge in [0.25, 0.3) is 0 Å². The second-order valence-electron chi connectivity index (χ2n) is 4.69. The highest BCUT2D eigenvalue weighted by molar-refractivity contribution is 6.03. The zero-order valence-electron chi connectivity index (χ0n) is 9.91. The van der Waals surface area contributed by atoms with Crippen LogP contribution in [0, 0.1) is 5.92 Å². The summed E-state index contributed by atoms with van der Waals surface area (Å²) in [5, 5.41) is 10.3. The zero-order chi connectivity index (χ0) is 12.5. The van der Waals surface area contributed by atoms with E-state index in [4.69, 9.17) is 0 Å². The van der Waals surface area contributed by atoms with Gasteiger partial charge in [-0.15, -0.1) is 0 Å². The molecule has 0 fully saturated rings. The summed E-state index contributed by atoms with van der Waals surface area (Å²) in [5.74, 6) is -0.285. The van der Waals surface area contributed by atoms with Crippen LogP contribution in [0.2, 0.25) is 0 Å². The maximum Gasteiger partial charge on any atom is 0.169 e. The van der Waals surface area contributed by atoms with E-state index in [0.717, 1.165) is 11.1 Å². The predicted molar refractivity (Wildman–Crippen MR) is 69.4 cm³/mol. The van der Waals surface area contributed by atoms with E-state index >= 15 is 0 Å². The molecule has 2 aromatic rings. The Morgan fingerprint density at radius 1 is 0.944 bits per heavy atom. The molecule has 1 aliphatic carbocycles. The van der Waals surface area contributed by atoms with Gasteiger partial charge < -0.3 is 5.11 Å². The summed E-state index contributed by atoms with van der Waals surface area (Å²) in [6.07, 6.45) is -0.0795. The van der Waals surface area contributed by atoms with Crippen molar-refractivity contribution in [2.24, 2.45) is 5.92 Å². The van der Waals surface area contributed by atoms with Gasteiger partial charge in [-0.3, -0.25) is 4.79 Å². The summed E-state index contributed by atoms with van der Waals surface area (Å²) in [6.45, 7) is 0. The first kappa shape index (κ1) is 11.2. The van der Waals surface area contributed by atoms with Gasteiger partial charge in [0, 0.05) is 5.56 Å². The SMILES string of the molecule is O=C1c2ccccc2[C@@H](O)[C@@H]1Cc1ccccc1. The van der Waals surface area contributed by atoms with Crippen LogP contribution in [-0.4, -0.2) is 10.9 Å². The van der Waals surface area contributed by atoms with Crippen LogP contribution in [0.1, 0.15) is 27.6 Å². The van der Waals surface area contributed by atoms with E-state index in [0.29, 0.717) is 12.0 Å². The maximum absolute atomic E-state index is 12.3. The molecular weight excluding hydrogens is 224 g/mol. The number of carbonyl (C=O) groups is 1. The van der Waals surface area contributed by atoms with Crippen molar-refractivity contribution in [1.29, 1.82) is 0 Å². The summed E-state index contributed by atoms with van der Waals surface area (Å²) in [4.78, 5) is 12.3. The molecular formula is C16H14O2. The van der Waals surface area contributed by atoms with Crippen LogP contribution in [0.3, 0.4) is 0 Å². The number of aliphatic hydroxyl groups excluding tert-OH is 1. The number of hydrogen-bond donors (Lipinski definition) is 1. The van der Waals surface area contributed by atoms with Crippen molar-refractivity contribution in [2.45, 2.75) is 12.5 Å². The third-order valence-electron chi connectivity index (χ3n) is 3.56. The fraction of sp³-hybridized carbons (Fsp3) is 0.188. The van der Waals surface area contributed by atoms with Gasteiger partial charge in [0.15, 0.2) is 5.78 Å². The van der Waals surface area contributed by atoms with E-state index in [9.17, 15) is 9.90 Å². The van der Waals surface area contributed by atoms with E-state index in [-0.39, 0.29) is 11.7 Å². The highest BCUT2D eigenvalue weighted by Crippen LogP contribution is 2.37. The monoisotopic (exact) mass is 238 g/mol. The normalized spacial score (nSPS) is 21.9. The highest BCUT2D eigenvalue weighted by atomic mass is 16.3. The molecule has 0 unspecified atom stereocenters. The van der Waals surface area contributed by atoms with Gasteiger partial charge in [0.2, 0.25) is 0 Å². The second kappa shape index (κ2) is 4.39. The molecule has 0 aromatic heterocycles. The number of ketones is 1. The number of rotatable bonds is 2. The van der Waals surface area contributed by atoms with E-state index in [1.54, 1.807) is 6.07 Å². The number of Topliss-reactive ketones (excluding diaryl/α,β-unsaturated/α-hetero) is 1. The third kappa shape index (κ3) is 1.75. The average Bonchev–Trinajstić information content (AvgIpc) is 2.66. The lowest BCUT2D eigenvalue weighted by molar-refractivity contribution is 0.0757. The molecule has 0 spiro atoms. The summed E-state index contributed by atoms with van der Waals surface area (Å²) in [5.41, 5.74) is 2.53. The molecule has 90 valence electrons. The molecule has 3 rings (SSSR count). The Bertz CT molecular complexity index is 575. The van der Waals surface area contributed by atoms with Crippen LogP contribution >= 0.6 is 0 Å². The first-order valence-electron chi connectivity index (χ1n) is 6.12. The summed E-state index contributed by atoms with van der Waals surface area (Å²) >= 11 is 0. The Balaban J connectivity index is 1.91. The predicted octanol–water partition coefficient (Wildman–Crippen LogP) is 2.78. The van der Waals surface area contributed by atoms with Crippen LogP contribution in [-0.2, 0) is 6.42 Å². The first-order chi connectivity index (χ1) is 8.77. The molecule has 0 saturated heterocycles. The molecule has 0 bridgehead atoms. The number of hydrogen-bond acceptors (Lipinski definition) is 2. The number of benzene rings is 2. The minimum atomic E-state index is -0.672. The zero-order valence-corrected chi connectivity index (χ0v) is 9.91. The van der Waals surface area contributed by atoms with Crippen molar-refractivity contribution in [2.75, 3.05) is 0 Å². The lowest BCUT2D eigenvalue weighted by Gasteiger charge is -2.13. The summed E-state index contributed by atoms with van der Waals surface area (Å²) < 4.78 is 0. The van der Waals surface area contributed by atoms with E-state index < -0.39 is 6.10 Å². The summed E-state index contributed by atoms with van der Waals surface area (Å²) in [7, 11) is 0. The Morgan fingerprint density at radius 3 is 2.33 bits per heavy atom. The molecule has 0 aliphatic heterocycles. The van der Waals surface area contributed by atoms with Gasteiger partial charge >= 0.3 is 0 Å². The maximum atomic E-state index is 12.3. The van der Waals surface area contributed by atoms with Gasteiger partial charge in [-0.2, -0.15) is 0 Å². The van der Waals surface area contributed by atoms with Gasteiger partial charge in [-0.1, -0.05) is 54.6 Å². The van der Waals surface area contributed by atoms with Crippen molar-refractivity contribution in [3.05, 3.63) is 71.3 Å². The van der Waals surface area contributed by atoms with Gasteiger partial charge in [0.05, 0.1) is 12.0 Å². The van der Waals surface area contributed by atoms with Crippen molar-refractivity contribution in [1.82, 2.24) is 0 Å². The molecule has 0 radical (unpaired) electrons.